The zero-order valence-electron chi connectivity index (χ0n) is 37.4. The molecule has 4 fully saturated rings. The molecule has 5 aromatic rings. The molecule has 4 amide bonds. The van der Waals surface area contributed by atoms with E-state index >= 15 is 0 Å². The number of carbonyl (C=O) groups is 4. The highest BCUT2D eigenvalue weighted by Gasteiger charge is 2.42. The highest BCUT2D eigenvalue weighted by atomic mass is 16.4. The average Bonchev–Trinajstić information content (AvgIpc) is 4.15. The number of aromatic nitrogens is 1. The minimum Gasteiger partial charge on any atom is -0.436 e. The van der Waals surface area contributed by atoms with Gasteiger partial charge < -0.3 is 34.7 Å². The molecule has 4 aliphatic rings. The van der Waals surface area contributed by atoms with E-state index in [2.05, 4.69) is 49.3 Å². The van der Waals surface area contributed by atoms with Crippen molar-refractivity contribution in [3.63, 3.8) is 0 Å². The maximum Gasteiger partial charge on any atom is 0.247 e. The first-order chi connectivity index (χ1) is 31.7. The van der Waals surface area contributed by atoms with E-state index in [9.17, 15) is 19.2 Å². The molecule has 0 bridgehead atoms. The van der Waals surface area contributed by atoms with Crippen LogP contribution in [0, 0.1) is 0 Å². The van der Waals surface area contributed by atoms with Crippen molar-refractivity contribution < 1.29 is 23.6 Å². The predicted molar refractivity (Wildman–Crippen MR) is 251 cm³/mol. The molecule has 0 aliphatic carbocycles. The first-order valence-corrected chi connectivity index (χ1v) is 23.0. The second-order valence-electron chi connectivity index (χ2n) is 17.8. The van der Waals surface area contributed by atoms with E-state index in [4.69, 9.17) is 4.42 Å². The summed E-state index contributed by atoms with van der Waals surface area (Å²) in [4.78, 5) is 73.2. The van der Waals surface area contributed by atoms with Gasteiger partial charge in [0.05, 0.1) is 6.20 Å². The molecule has 4 saturated heterocycles. The number of likely N-dealkylation sites (tertiary alicyclic amines) is 2. The predicted octanol–water partition coefficient (Wildman–Crippen LogP) is 5.85. The van der Waals surface area contributed by atoms with Crippen LogP contribution in [0.3, 0.4) is 0 Å². The number of anilines is 2. The number of oxazole rings is 1. The zero-order valence-corrected chi connectivity index (χ0v) is 37.4. The summed E-state index contributed by atoms with van der Waals surface area (Å²) in [6.45, 7) is 7.80. The molecule has 65 heavy (non-hydrogen) atoms. The summed E-state index contributed by atoms with van der Waals surface area (Å²) in [5.41, 5.74) is 4.69. The molecule has 9 rings (SSSR count). The fraction of sp³-hybridized carbons (Fsp3) is 0.392. The summed E-state index contributed by atoms with van der Waals surface area (Å²) in [6.07, 6.45) is 4.43. The lowest BCUT2D eigenvalue weighted by atomic mass is 10.0. The van der Waals surface area contributed by atoms with Gasteiger partial charge in [-0.1, -0.05) is 60.7 Å². The number of nitrogens with one attached hydrogen (secondary N) is 2. The van der Waals surface area contributed by atoms with Crippen LogP contribution in [0.15, 0.2) is 120 Å². The Bertz CT molecular complexity index is 2250. The van der Waals surface area contributed by atoms with Crippen molar-refractivity contribution >= 4 is 35.0 Å². The van der Waals surface area contributed by atoms with E-state index in [1.54, 1.807) is 16.0 Å². The third kappa shape index (κ3) is 9.91. The van der Waals surface area contributed by atoms with Gasteiger partial charge in [0, 0.05) is 87.9 Å². The molecule has 2 N–H and O–H groups in total. The first kappa shape index (κ1) is 44.0. The molecule has 5 heterocycles. The van der Waals surface area contributed by atoms with Gasteiger partial charge in [-0.05, 0) is 99.4 Å². The topological polar surface area (TPSA) is 138 Å². The lowest BCUT2D eigenvalue weighted by molar-refractivity contribution is -0.142. The SMILES string of the molecule is CN1CCN(C(C(=O)N2CCC[C@H]2C(=O)Nc2ccc(-c3cnc(-c4ccc(NC(=O)[C@@H]5CCCN5C(=O)C(c5ccccc5)N5CCN(C)CC5)cc4)o3)cc2)c2ccccc2)CC1. The maximum atomic E-state index is 14.3. The van der Waals surface area contributed by atoms with E-state index in [1.807, 2.05) is 109 Å². The fourth-order valence-electron chi connectivity index (χ4n) is 9.78. The van der Waals surface area contributed by atoms with Crippen molar-refractivity contribution in [2.75, 3.05) is 90.2 Å². The summed E-state index contributed by atoms with van der Waals surface area (Å²) in [6, 6.07) is 32.6. The molecule has 1 aromatic heterocycles. The lowest BCUT2D eigenvalue weighted by Crippen LogP contribution is -2.52. The van der Waals surface area contributed by atoms with Crippen LogP contribution in [-0.4, -0.2) is 150 Å². The Morgan fingerprint density at radius 1 is 0.538 bits per heavy atom. The minimum absolute atomic E-state index is 0.0209. The van der Waals surface area contributed by atoms with Crippen LogP contribution >= 0.6 is 0 Å². The van der Waals surface area contributed by atoms with E-state index in [0.717, 1.165) is 87.5 Å². The number of hydrogen-bond donors (Lipinski definition) is 2. The highest BCUT2D eigenvalue weighted by Crippen LogP contribution is 2.33. The van der Waals surface area contributed by atoms with Gasteiger partial charge in [0.2, 0.25) is 29.5 Å². The molecular formula is C51H59N9O5. The van der Waals surface area contributed by atoms with E-state index in [0.29, 0.717) is 49.0 Å². The summed E-state index contributed by atoms with van der Waals surface area (Å²) >= 11 is 0. The van der Waals surface area contributed by atoms with Crippen LogP contribution in [0.25, 0.3) is 22.8 Å². The van der Waals surface area contributed by atoms with Gasteiger partial charge in [-0.15, -0.1) is 0 Å². The van der Waals surface area contributed by atoms with Crippen LogP contribution < -0.4 is 10.6 Å². The molecule has 14 heteroatoms. The number of likely N-dealkylation sites (N-methyl/N-ethyl adjacent to an activating group) is 2. The number of piperazine rings is 2. The van der Waals surface area contributed by atoms with Crippen molar-refractivity contribution in [1.29, 1.82) is 0 Å². The van der Waals surface area contributed by atoms with Crippen molar-refractivity contribution in [3.8, 4) is 22.8 Å². The monoisotopic (exact) mass is 877 g/mol. The number of carbonyl (C=O) groups excluding carboxylic acids is 4. The first-order valence-electron chi connectivity index (χ1n) is 23.0. The Kier molecular flexibility index (Phi) is 13.5. The fourth-order valence-corrected chi connectivity index (χ4v) is 9.78. The molecule has 0 radical (unpaired) electrons. The molecule has 4 aromatic carbocycles. The number of rotatable bonds is 12. The van der Waals surface area contributed by atoms with Crippen LogP contribution in [-0.2, 0) is 19.2 Å². The van der Waals surface area contributed by atoms with E-state index in [-0.39, 0.29) is 23.6 Å². The quantitative estimate of drug-likeness (QED) is 0.157. The summed E-state index contributed by atoms with van der Waals surface area (Å²) in [7, 11) is 4.20. The molecule has 338 valence electrons. The Morgan fingerprint density at radius 2 is 0.954 bits per heavy atom. The molecule has 4 atom stereocenters. The molecule has 0 spiro atoms. The molecular weight excluding hydrogens is 819 g/mol. The van der Waals surface area contributed by atoms with Crippen molar-refractivity contribution in [2.24, 2.45) is 0 Å². The van der Waals surface area contributed by atoms with E-state index in [1.165, 1.54) is 0 Å². The normalized spacial score (nSPS) is 21.0. The van der Waals surface area contributed by atoms with Crippen LogP contribution in [0.1, 0.15) is 48.9 Å². The smallest absolute Gasteiger partial charge is 0.247 e. The van der Waals surface area contributed by atoms with Crippen molar-refractivity contribution in [2.45, 2.75) is 49.9 Å². The Hall–Kier alpha value is -6.19. The van der Waals surface area contributed by atoms with Crippen LogP contribution in [0.5, 0.6) is 0 Å². The minimum atomic E-state index is -0.554. The number of amides is 4. The Balaban J connectivity index is 0.807. The van der Waals surface area contributed by atoms with Gasteiger partial charge in [-0.25, -0.2) is 4.98 Å². The van der Waals surface area contributed by atoms with Gasteiger partial charge in [0.25, 0.3) is 0 Å². The third-order valence-electron chi connectivity index (χ3n) is 13.5. The Morgan fingerprint density at radius 3 is 1.38 bits per heavy atom. The largest absolute Gasteiger partial charge is 0.436 e. The van der Waals surface area contributed by atoms with Crippen molar-refractivity contribution in [1.82, 2.24) is 34.4 Å². The molecule has 0 saturated carbocycles. The van der Waals surface area contributed by atoms with Gasteiger partial charge in [0.15, 0.2) is 5.76 Å². The summed E-state index contributed by atoms with van der Waals surface area (Å²) in [5.74, 6) is 0.560. The standard InChI is InChI=1S/C51H59N9O5/c1-55-27-31-57(32-28-55)45(37-11-5-3-6-12-37)50(63)59-25-9-15-42(59)47(61)53-40-21-17-36(18-22-40)44-35-52-49(65-44)39-19-23-41(24-20-39)54-48(62)43-16-10-26-60(43)51(64)46(38-13-7-4-8-14-38)58-33-29-56(2)30-34-58/h3-8,11-14,17-24,35,42-43,45-46H,9-10,15-16,25-34H2,1-2H3,(H,53,61)(H,54,62)/t42-,43-,45?,46?/m0/s1. The van der Waals surface area contributed by atoms with Crippen LogP contribution in [0.4, 0.5) is 11.4 Å². The van der Waals surface area contributed by atoms with E-state index < -0.39 is 24.2 Å². The zero-order chi connectivity index (χ0) is 44.9. The number of hydrogen-bond acceptors (Lipinski definition) is 10. The summed E-state index contributed by atoms with van der Waals surface area (Å²) < 4.78 is 6.18. The number of benzene rings is 4. The van der Waals surface area contributed by atoms with Gasteiger partial charge in [0.1, 0.15) is 24.2 Å². The second kappa shape index (κ2) is 19.9. The molecule has 14 nitrogen and oxygen atoms in total. The molecule has 4 aliphatic heterocycles. The van der Waals surface area contributed by atoms with Gasteiger partial charge >= 0.3 is 0 Å². The summed E-state index contributed by atoms with van der Waals surface area (Å²) in [5, 5.41) is 6.12. The number of nitrogens with zero attached hydrogens (tertiary/aromatic N) is 7. The average molecular weight is 878 g/mol. The maximum absolute atomic E-state index is 14.3. The molecule has 2 unspecified atom stereocenters. The van der Waals surface area contributed by atoms with Crippen molar-refractivity contribution in [3.05, 3.63) is 127 Å². The van der Waals surface area contributed by atoms with Crippen LogP contribution in [0.2, 0.25) is 0 Å². The second-order valence-corrected chi connectivity index (χ2v) is 17.8. The Labute approximate surface area is 381 Å². The van der Waals surface area contributed by atoms with Gasteiger partial charge in [-0.3, -0.25) is 29.0 Å². The third-order valence-corrected chi connectivity index (χ3v) is 13.5. The lowest BCUT2D eigenvalue weighted by Gasteiger charge is -2.39. The highest BCUT2D eigenvalue weighted by molar-refractivity contribution is 5.99. The van der Waals surface area contributed by atoms with Gasteiger partial charge in [-0.2, -0.15) is 0 Å².